The first-order valence-electron chi connectivity index (χ1n) is 2.88. The van der Waals surface area contributed by atoms with Crippen molar-refractivity contribution < 1.29 is 0 Å². The summed E-state index contributed by atoms with van der Waals surface area (Å²) in [5, 5.41) is 0.335. The highest BCUT2D eigenvalue weighted by Gasteiger charge is 2.20. The van der Waals surface area contributed by atoms with Crippen molar-refractivity contribution in [3.05, 3.63) is 0 Å². The van der Waals surface area contributed by atoms with Crippen molar-refractivity contribution in [3.63, 3.8) is 0 Å². The second-order valence-electron chi connectivity index (χ2n) is 2.97. The molecule has 0 N–H and O–H groups in total. The molecule has 0 aliphatic rings. The molecule has 0 aromatic heterocycles. The van der Waals surface area contributed by atoms with Gasteiger partial charge in [0.25, 0.3) is 0 Å². The highest BCUT2D eigenvalue weighted by atomic mass is 35.7. The fraction of sp³-hybridized carbons (Fsp3) is 1.00. The summed E-state index contributed by atoms with van der Waals surface area (Å²) in [6.45, 7) is 8.80. The minimum Gasteiger partial charge on any atom is -0.0995 e. The smallest absolute Gasteiger partial charge is 0.00171 e. The standard InChI is InChI=1S/C6H14ClP/c1-5(2)6(3,4)8-7/h5,8H,1-4H3. The molecule has 0 saturated carbocycles. The zero-order chi connectivity index (χ0) is 6.78. The lowest BCUT2D eigenvalue weighted by Crippen LogP contribution is -2.19. The highest BCUT2D eigenvalue weighted by Crippen LogP contribution is 2.40. The molecule has 1 atom stereocenters. The van der Waals surface area contributed by atoms with Crippen LogP contribution in [-0.4, -0.2) is 5.16 Å². The number of hydrogen-bond acceptors (Lipinski definition) is 0. The fourth-order valence-electron chi connectivity index (χ4n) is 0.109. The summed E-state index contributed by atoms with van der Waals surface area (Å²) in [5.74, 6) is 0.693. The van der Waals surface area contributed by atoms with Crippen LogP contribution in [0.4, 0.5) is 0 Å². The molecule has 0 fully saturated rings. The second-order valence-corrected chi connectivity index (χ2v) is 5.02. The van der Waals surface area contributed by atoms with Crippen molar-refractivity contribution in [2.24, 2.45) is 5.92 Å². The lowest BCUT2D eigenvalue weighted by Gasteiger charge is -2.25. The van der Waals surface area contributed by atoms with Gasteiger partial charge in [-0.1, -0.05) is 38.9 Å². The Morgan fingerprint density at radius 1 is 1.38 bits per heavy atom. The van der Waals surface area contributed by atoms with Gasteiger partial charge in [-0.3, -0.25) is 0 Å². The van der Waals surface area contributed by atoms with Crippen molar-refractivity contribution in [1.82, 2.24) is 0 Å². The van der Waals surface area contributed by atoms with Gasteiger partial charge >= 0.3 is 0 Å². The normalized spacial score (nSPS) is 14.2. The molecule has 0 aliphatic carbocycles. The minimum absolute atomic E-state index is 0.335. The van der Waals surface area contributed by atoms with Crippen molar-refractivity contribution in [2.45, 2.75) is 32.9 Å². The molecule has 0 amide bonds. The zero-order valence-corrected chi connectivity index (χ0v) is 7.71. The van der Waals surface area contributed by atoms with Gasteiger partial charge in [0.1, 0.15) is 0 Å². The van der Waals surface area contributed by atoms with Gasteiger partial charge in [-0.05, 0) is 19.0 Å². The summed E-state index contributed by atoms with van der Waals surface area (Å²) in [5.41, 5.74) is 0. The maximum Gasteiger partial charge on any atom is -0.00171 e. The van der Waals surface area contributed by atoms with Crippen LogP contribution in [0.2, 0.25) is 0 Å². The lowest BCUT2D eigenvalue weighted by molar-refractivity contribution is 0.502. The van der Waals surface area contributed by atoms with E-state index in [1.54, 1.807) is 0 Å². The van der Waals surface area contributed by atoms with E-state index in [0.29, 0.717) is 19.0 Å². The summed E-state index contributed by atoms with van der Waals surface area (Å²) in [7, 11) is 0.537. The van der Waals surface area contributed by atoms with E-state index >= 15 is 0 Å². The van der Waals surface area contributed by atoms with Crippen LogP contribution in [0.3, 0.4) is 0 Å². The summed E-state index contributed by atoms with van der Waals surface area (Å²) in [6.07, 6.45) is 0. The molecule has 0 aromatic rings. The second kappa shape index (κ2) is 3.03. The van der Waals surface area contributed by atoms with Crippen LogP contribution in [0.5, 0.6) is 0 Å². The van der Waals surface area contributed by atoms with E-state index in [1.807, 2.05) is 0 Å². The Balaban J connectivity index is 3.71. The van der Waals surface area contributed by atoms with Crippen LogP contribution in [-0.2, 0) is 0 Å². The molecular weight excluding hydrogens is 138 g/mol. The molecule has 50 valence electrons. The van der Waals surface area contributed by atoms with Gasteiger partial charge < -0.3 is 0 Å². The molecule has 0 radical (unpaired) electrons. The van der Waals surface area contributed by atoms with E-state index in [0.717, 1.165) is 0 Å². The first kappa shape index (κ1) is 8.72. The van der Waals surface area contributed by atoms with Crippen LogP contribution >= 0.6 is 19.2 Å². The Morgan fingerprint density at radius 2 is 1.75 bits per heavy atom. The van der Waals surface area contributed by atoms with Crippen LogP contribution < -0.4 is 0 Å². The molecule has 2 heteroatoms. The molecular formula is C6H14ClP. The lowest BCUT2D eigenvalue weighted by atomic mass is 10.00. The number of rotatable bonds is 2. The fourth-order valence-corrected chi connectivity index (χ4v) is 0.982. The van der Waals surface area contributed by atoms with Crippen LogP contribution in [0.1, 0.15) is 27.7 Å². The van der Waals surface area contributed by atoms with Gasteiger partial charge in [0.2, 0.25) is 0 Å². The van der Waals surface area contributed by atoms with Gasteiger partial charge in [-0.15, -0.1) is 0 Å². The Bertz CT molecular complexity index is 68.9. The quantitative estimate of drug-likeness (QED) is 0.533. The van der Waals surface area contributed by atoms with E-state index in [9.17, 15) is 0 Å². The molecule has 0 rings (SSSR count). The van der Waals surface area contributed by atoms with E-state index in [2.05, 4.69) is 27.7 Å². The third-order valence-corrected chi connectivity index (χ3v) is 4.21. The molecule has 8 heavy (non-hydrogen) atoms. The Morgan fingerprint density at radius 3 is 1.75 bits per heavy atom. The van der Waals surface area contributed by atoms with Crippen LogP contribution in [0.15, 0.2) is 0 Å². The summed E-state index contributed by atoms with van der Waals surface area (Å²) in [4.78, 5) is 0. The Kier molecular flexibility index (Phi) is 3.31. The van der Waals surface area contributed by atoms with Gasteiger partial charge in [0, 0.05) is 0 Å². The largest absolute Gasteiger partial charge is 0.0995 e. The van der Waals surface area contributed by atoms with E-state index in [1.165, 1.54) is 0 Å². The van der Waals surface area contributed by atoms with Crippen molar-refractivity contribution in [3.8, 4) is 0 Å². The predicted molar refractivity (Wildman–Crippen MR) is 43.1 cm³/mol. The molecule has 0 heterocycles. The Labute approximate surface area is 58.6 Å². The maximum atomic E-state index is 5.72. The molecule has 0 aliphatic heterocycles. The Hall–Kier alpha value is 0.720. The summed E-state index contributed by atoms with van der Waals surface area (Å²) < 4.78 is 0. The SMILES string of the molecule is CC(C)C(C)(C)PCl. The molecule has 0 aromatic carbocycles. The third-order valence-electron chi connectivity index (χ3n) is 1.69. The van der Waals surface area contributed by atoms with Gasteiger partial charge in [0.15, 0.2) is 0 Å². The zero-order valence-electron chi connectivity index (χ0n) is 5.96. The highest BCUT2D eigenvalue weighted by molar-refractivity contribution is 7.69. The van der Waals surface area contributed by atoms with Crippen molar-refractivity contribution >= 4 is 19.2 Å². The molecule has 0 saturated heterocycles. The first-order chi connectivity index (χ1) is 3.50. The summed E-state index contributed by atoms with van der Waals surface area (Å²) in [6, 6.07) is 0. The van der Waals surface area contributed by atoms with Crippen molar-refractivity contribution in [1.29, 1.82) is 0 Å². The average Bonchev–Trinajstić information content (AvgIpc) is 1.67. The predicted octanol–water partition coefficient (Wildman–Crippen LogP) is 3.25. The molecule has 0 bridgehead atoms. The molecule has 0 spiro atoms. The van der Waals surface area contributed by atoms with Gasteiger partial charge in [-0.25, -0.2) is 0 Å². The van der Waals surface area contributed by atoms with Gasteiger partial charge in [0.05, 0.1) is 0 Å². The summed E-state index contributed by atoms with van der Waals surface area (Å²) >= 11 is 5.72. The van der Waals surface area contributed by atoms with E-state index < -0.39 is 0 Å². The topological polar surface area (TPSA) is 0 Å². The molecule has 1 unspecified atom stereocenters. The third kappa shape index (κ3) is 2.33. The van der Waals surface area contributed by atoms with Crippen LogP contribution in [0.25, 0.3) is 0 Å². The molecule has 0 nitrogen and oxygen atoms in total. The van der Waals surface area contributed by atoms with Gasteiger partial charge in [-0.2, -0.15) is 0 Å². The van der Waals surface area contributed by atoms with E-state index in [4.69, 9.17) is 11.2 Å². The monoisotopic (exact) mass is 152 g/mol. The van der Waals surface area contributed by atoms with E-state index in [-0.39, 0.29) is 0 Å². The first-order valence-corrected chi connectivity index (χ1v) is 4.89. The number of hydrogen-bond donors (Lipinski definition) is 0. The number of halogens is 1. The van der Waals surface area contributed by atoms with Crippen molar-refractivity contribution in [2.75, 3.05) is 0 Å². The maximum absolute atomic E-state index is 5.72. The van der Waals surface area contributed by atoms with Crippen LogP contribution in [0, 0.1) is 5.92 Å². The average molecular weight is 153 g/mol. The minimum atomic E-state index is 0.335.